The largest absolute Gasteiger partial charge is 0.761 e. The number of aromatic nitrogens is 2. The molecule has 2 rings (SSSR count). The minimum Gasteiger partial charge on any atom is -0.761 e. The first-order chi connectivity index (χ1) is 6.72. The Bertz CT molecular complexity index is 489. The van der Waals surface area contributed by atoms with Gasteiger partial charge in [0.15, 0.2) is 0 Å². The van der Waals surface area contributed by atoms with Gasteiger partial charge in [-0.1, -0.05) is 23.2 Å². The minimum absolute atomic E-state index is 0.260. The van der Waals surface area contributed by atoms with Crippen LogP contribution in [0.1, 0.15) is 0 Å². The zero-order valence-corrected chi connectivity index (χ0v) is 8.30. The van der Waals surface area contributed by atoms with Crippen LogP contribution in [0.15, 0.2) is 18.5 Å². The van der Waals surface area contributed by atoms with Gasteiger partial charge in [-0.15, -0.1) is 0 Å². The quantitative estimate of drug-likeness (QED) is 0.603. The van der Waals surface area contributed by atoms with Gasteiger partial charge in [-0.05, 0) is 12.1 Å². The Morgan fingerprint density at radius 1 is 1.21 bits per heavy atom. The predicted octanol–water partition coefficient (Wildman–Crippen LogP) is 2.85. The molecule has 1 N–H and O–H groups in total. The van der Waals surface area contributed by atoms with Crippen molar-refractivity contribution >= 4 is 39.8 Å². The second kappa shape index (κ2) is 3.57. The average Bonchev–Trinajstić information content (AvgIpc) is 2.17. The van der Waals surface area contributed by atoms with Gasteiger partial charge in [-0.3, -0.25) is 0 Å². The summed E-state index contributed by atoms with van der Waals surface area (Å²) in [5, 5.41) is 11.7. The standard InChI is InChI=1S/C8H4Cl2N3O/c9-5-2-6-4(1-7(5)13-14)8(10)12-3-11-6/h1-3,13H/q-1. The van der Waals surface area contributed by atoms with Crippen molar-refractivity contribution in [1.29, 1.82) is 0 Å². The highest BCUT2D eigenvalue weighted by molar-refractivity contribution is 6.36. The number of fused-ring (bicyclic) bond motifs is 1. The molecule has 0 aliphatic rings. The van der Waals surface area contributed by atoms with Gasteiger partial charge in [0.05, 0.1) is 10.5 Å². The summed E-state index contributed by atoms with van der Waals surface area (Å²) in [5.41, 5.74) is 2.58. The Morgan fingerprint density at radius 3 is 2.71 bits per heavy atom. The first-order valence-electron chi connectivity index (χ1n) is 3.70. The Hall–Kier alpha value is -1.10. The molecule has 0 bridgehead atoms. The summed E-state index contributed by atoms with van der Waals surface area (Å²) in [4.78, 5) is 7.76. The van der Waals surface area contributed by atoms with Crippen LogP contribution in [0.25, 0.3) is 10.9 Å². The van der Waals surface area contributed by atoms with E-state index >= 15 is 0 Å². The molecule has 0 aliphatic carbocycles. The van der Waals surface area contributed by atoms with E-state index in [1.807, 2.05) is 0 Å². The molecule has 0 amide bonds. The lowest BCUT2D eigenvalue weighted by atomic mass is 10.2. The number of benzene rings is 1. The molecule has 0 spiro atoms. The van der Waals surface area contributed by atoms with E-state index in [4.69, 9.17) is 23.2 Å². The molecule has 2 aromatic rings. The lowest BCUT2D eigenvalue weighted by Gasteiger charge is -2.12. The van der Waals surface area contributed by atoms with Gasteiger partial charge < -0.3 is 10.7 Å². The Balaban J connectivity index is 2.80. The molecule has 0 saturated carbocycles. The summed E-state index contributed by atoms with van der Waals surface area (Å²) in [5.74, 6) is 0. The number of hydrogen-bond donors (Lipinski definition) is 1. The lowest BCUT2D eigenvalue weighted by Crippen LogP contribution is -1.89. The number of hydrogen-bond acceptors (Lipinski definition) is 4. The molecule has 4 nitrogen and oxygen atoms in total. The summed E-state index contributed by atoms with van der Waals surface area (Å²) in [6.45, 7) is 0. The second-order valence-electron chi connectivity index (χ2n) is 2.62. The van der Waals surface area contributed by atoms with Crippen LogP contribution in [-0.2, 0) is 0 Å². The summed E-state index contributed by atoms with van der Waals surface area (Å²) in [6.07, 6.45) is 1.34. The van der Waals surface area contributed by atoms with E-state index in [2.05, 4.69) is 9.97 Å². The fourth-order valence-corrected chi connectivity index (χ4v) is 1.52. The Morgan fingerprint density at radius 2 is 2.00 bits per heavy atom. The molecule has 72 valence electrons. The summed E-state index contributed by atoms with van der Waals surface area (Å²) in [7, 11) is 0. The van der Waals surface area contributed by atoms with E-state index in [1.165, 1.54) is 12.4 Å². The van der Waals surface area contributed by atoms with E-state index < -0.39 is 0 Å². The molecule has 6 heteroatoms. The van der Waals surface area contributed by atoms with Crippen LogP contribution in [0.5, 0.6) is 0 Å². The SMILES string of the molecule is [O-]Nc1cc2c(Cl)ncnc2cc1Cl. The Labute approximate surface area is 89.5 Å². The summed E-state index contributed by atoms with van der Waals surface area (Å²) in [6, 6.07) is 3.08. The van der Waals surface area contributed by atoms with Gasteiger partial charge in [-0.2, -0.15) is 0 Å². The highest BCUT2D eigenvalue weighted by Crippen LogP contribution is 2.29. The van der Waals surface area contributed by atoms with Gasteiger partial charge in [0.1, 0.15) is 11.5 Å². The molecule has 0 fully saturated rings. The molecule has 1 heterocycles. The molecule has 0 saturated heterocycles. The van der Waals surface area contributed by atoms with E-state index in [0.717, 1.165) is 0 Å². The van der Waals surface area contributed by atoms with Crippen LogP contribution < -0.4 is 5.48 Å². The second-order valence-corrected chi connectivity index (χ2v) is 3.38. The number of nitrogens with zero attached hydrogens (tertiary/aromatic N) is 2. The molecule has 0 atom stereocenters. The van der Waals surface area contributed by atoms with Gasteiger partial charge >= 0.3 is 0 Å². The number of rotatable bonds is 1. The van der Waals surface area contributed by atoms with Crippen molar-refractivity contribution in [3.8, 4) is 0 Å². The fraction of sp³-hybridized carbons (Fsp3) is 0. The van der Waals surface area contributed by atoms with Crippen molar-refractivity contribution < 1.29 is 0 Å². The first-order valence-corrected chi connectivity index (χ1v) is 4.46. The maximum absolute atomic E-state index is 10.5. The monoisotopic (exact) mass is 228 g/mol. The van der Waals surface area contributed by atoms with Gasteiger partial charge in [0.25, 0.3) is 0 Å². The van der Waals surface area contributed by atoms with Crippen molar-refractivity contribution in [2.45, 2.75) is 0 Å². The van der Waals surface area contributed by atoms with E-state index in [0.29, 0.717) is 21.1 Å². The molecule has 1 aromatic heterocycles. The van der Waals surface area contributed by atoms with Crippen LogP contribution in [0.4, 0.5) is 5.69 Å². The average molecular weight is 229 g/mol. The van der Waals surface area contributed by atoms with Crippen LogP contribution in [-0.4, -0.2) is 9.97 Å². The van der Waals surface area contributed by atoms with E-state index in [1.54, 1.807) is 11.5 Å². The normalized spacial score (nSPS) is 10.5. The molecular weight excluding hydrogens is 225 g/mol. The minimum atomic E-state index is 0.260. The molecule has 0 radical (unpaired) electrons. The highest BCUT2D eigenvalue weighted by Gasteiger charge is 2.04. The fourth-order valence-electron chi connectivity index (χ4n) is 1.12. The smallest absolute Gasteiger partial charge is 0.140 e. The predicted molar refractivity (Wildman–Crippen MR) is 56.5 cm³/mol. The van der Waals surface area contributed by atoms with Crippen molar-refractivity contribution in [3.63, 3.8) is 0 Å². The van der Waals surface area contributed by atoms with E-state index in [-0.39, 0.29) is 5.69 Å². The maximum Gasteiger partial charge on any atom is 0.140 e. The van der Waals surface area contributed by atoms with Crippen LogP contribution in [0.2, 0.25) is 10.2 Å². The Kier molecular flexibility index (Phi) is 2.41. The zero-order chi connectivity index (χ0) is 10.1. The van der Waals surface area contributed by atoms with Crippen molar-refractivity contribution in [1.82, 2.24) is 9.97 Å². The first kappa shape index (κ1) is 9.45. The highest BCUT2D eigenvalue weighted by atomic mass is 35.5. The third kappa shape index (κ3) is 1.48. The summed E-state index contributed by atoms with van der Waals surface area (Å²) < 4.78 is 0. The number of halogens is 2. The maximum atomic E-state index is 10.5. The van der Waals surface area contributed by atoms with Crippen molar-refractivity contribution in [2.75, 3.05) is 5.48 Å². The third-order valence-corrected chi connectivity index (χ3v) is 2.40. The number of anilines is 1. The molecule has 0 aliphatic heterocycles. The van der Waals surface area contributed by atoms with Crippen molar-refractivity contribution in [2.24, 2.45) is 0 Å². The van der Waals surface area contributed by atoms with Crippen LogP contribution in [0.3, 0.4) is 0 Å². The number of nitrogens with one attached hydrogen (secondary N) is 1. The topological polar surface area (TPSA) is 60.9 Å². The molecule has 14 heavy (non-hydrogen) atoms. The van der Waals surface area contributed by atoms with E-state index in [9.17, 15) is 5.21 Å². The lowest BCUT2D eigenvalue weighted by molar-refractivity contribution is 1.22. The molecule has 1 aromatic carbocycles. The third-order valence-electron chi connectivity index (χ3n) is 1.79. The summed E-state index contributed by atoms with van der Waals surface area (Å²) >= 11 is 11.6. The van der Waals surface area contributed by atoms with Crippen LogP contribution >= 0.6 is 23.2 Å². The molecular formula is C8H4Cl2N3O-. The van der Waals surface area contributed by atoms with Gasteiger partial charge in [-0.25, -0.2) is 9.97 Å². The van der Waals surface area contributed by atoms with Crippen LogP contribution in [0, 0.1) is 5.21 Å². The van der Waals surface area contributed by atoms with Crippen molar-refractivity contribution in [3.05, 3.63) is 33.8 Å². The van der Waals surface area contributed by atoms with Gasteiger partial charge in [0.2, 0.25) is 0 Å². The molecule has 0 unspecified atom stereocenters. The zero-order valence-electron chi connectivity index (χ0n) is 6.79. The van der Waals surface area contributed by atoms with Gasteiger partial charge in [0, 0.05) is 11.1 Å².